The van der Waals surface area contributed by atoms with Gasteiger partial charge in [0.15, 0.2) is 0 Å². The Balaban J connectivity index is 0.000000129. The maximum atomic E-state index is 2.32. The van der Waals surface area contributed by atoms with E-state index in [4.69, 9.17) is 0 Å². The van der Waals surface area contributed by atoms with Gasteiger partial charge in [0.05, 0.1) is 0 Å². The molecule has 0 radical (unpaired) electrons. The molecule has 0 spiro atoms. The normalized spacial score (nSPS) is 10.7. The van der Waals surface area contributed by atoms with E-state index >= 15 is 0 Å². The Morgan fingerprint density at radius 3 is 1.57 bits per heavy atom. The third-order valence-electron chi connectivity index (χ3n) is 7.78. The van der Waals surface area contributed by atoms with E-state index in [2.05, 4.69) is 161 Å². The summed E-state index contributed by atoms with van der Waals surface area (Å²) in [5.74, 6) is 0. The standard InChI is InChI=1S/C17H17.C13H10.C11H11.Zr/c1-3-12-5-7-16-14(9-12)11-15-10-13(4-2)6-8-17(15)16;1-3-7-12(8-4-1)11-13-9-5-2-6-10-13;1-8-3-4-10-6-9(2)7-11(10)5-8;/h5-11H,3-4H2,1-2H3;1-10H;3-7H,1-2H3;/q-1;;-1;+2. The molecule has 0 unspecified atom stereocenters. The molecule has 0 aromatic heterocycles. The van der Waals surface area contributed by atoms with Crippen LogP contribution in [0.4, 0.5) is 0 Å². The van der Waals surface area contributed by atoms with Crippen molar-refractivity contribution in [1.82, 2.24) is 0 Å². The molecule has 0 saturated carbocycles. The van der Waals surface area contributed by atoms with Crippen molar-refractivity contribution in [2.75, 3.05) is 0 Å². The molecule has 0 amide bonds. The topological polar surface area (TPSA) is 0 Å². The molecule has 7 aromatic carbocycles. The van der Waals surface area contributed by atoms with Gasteiger partial charge in [-0.2, -0.15) is 6.07 Å². The second-order valence-corrected chi connectivity index (χ2v) is 12.2. The fourth-order valence-corrected chi connectivity index (χ4v) is 6.24. The zero-order chi connectivity index (χ0) is 29.5. The minimum atomic E-state index is 1.11. The van der Waals surface area contributed by atoms with E-state index in [1.54, 1.807) is 0 Å². The monoisotopic (exact) mass is 620 g/mol. The zero-order valence-electron chi connectivity index (χ0n) is 25.1. The first-order valence-electron chi connectivity index (χ1n) is 14.9. The number of hydrogen-bond acceptors (Lipinski definition) is 0. The second-order valence-electron chi connectivity index (χ2n) is 11.0. The molecule has 7 aromatic rings. The Hall–Kier alpha value is -3.67. The molecular formula is C41H38Zr. The summed E-state index contributed by atoms with van der Waals surface area (Å²) in [6, 6.07) is 48.1. The fourth-order valence-electron chi connectivity index (χ4n) is 5.42. The molecule has 0 N–H and O–H groups in total. The van der Waals surface area contributed by atoms with Gasteiger partial charge in [0, 0.05) is 0 Å². The van der Waals surface area contributed by atoms with E-state index in [1.807, 2.05) is 0 Å². The van der Waals surface area contributed by atoms with Gasteiger partial charge in [0.1, 0.15) is 0 Å². The number of hydrogen-bond donors (Lipinski definition) is 0. The third kappa shape index (κ3) is 7.21. The van der Waals surface area contributed by atoms with E-state index < -0.39 is 0 Å². The van der Waals surface area contributed by atoms with Gasteiger partial charge in [-0.3, -0.25) is 0 Å². The van der Waals surface area contributed by atoms with Gasteiger partial charge in [-0.15, -0.1) is 80.3 Å². The Morgan fingerprint density at radius 2 is 1.07 bits per heavy atom. The molecule has 0 aliphatic heterocycles. The van der Waals surface area contributed by atoms with Crippen LogP contribution in [-0.2, 0) is 37.1 Å². The molecule has 7 rings (SSSR count). The van der Waals surface area contributed by atoms with Crippen LogP contribution in [-0.4, -0.2) is 3.21 Å². The van der Waals surface area contributed by atoms with Crippen molar-refractivity contribution in [3.63, 3.8) is 0 Å². The second kappa shape index (κ2) is 14.0. The number of aryl methyl sites for hydroxylation is 4. The summed E-state index contributed by atoms with van der Waals surface area (Å²) in [5, 5.41) is 8.26. The van der Waals surface area contributed by atoms with Gasteiger partial charge >= 0.3 is 99.2 Å². The molecule has 1 heteroatoms. The van der Waals surface area contributed by atoms with Crippen molar-refractivity contribution in [1.29, 1.82) is 0 Å². The van der Waals surface area contributed by atoms with E-state index in [0.717, 1.165) is 12.8 Å². The van der Waals surface area contributed by atoms with Crippen molar-refractivity contribution < 1.29 is 24.2 Å². The van der Waals surface area contributed by atoms with Gasteiger partial charge in [-0.05, 0) is 19.8 Å². The Kier molecular flexibility index (Phi) is 9.94. The van der Waals surface area contributed by atoms with Crippen LogP contribution < -0.4 is 0 Å². The molecule has 0 heterocycles. The van der Waals surface area contributed by atoms with Crippen LogP contribution in [0, 0.1) is 13.8 Å². The predicted octanol–water partition coefficient (Wildman–Crippen LogP) is 10.8. The molecule has 0 saturated heterocycles. The Bertz CT molecular complexity index is 1820. The molecular weight excluding hydrogens is 584 g/mol. The molecule has 42 heavy (non-hydrogen) atoms. The first-order valence-corrected chi connectivity index (χ1v) is 16.1. The third-order valence-corrected chi connectivity index (χ3v) is 9.20. The van der Waals surface area contributed by atoms with E-state index in [0.29, 0.717) is 0 Å². The Morgan fingerprint density at radius 1 is 0.548 bits per heavy atom. The van der Waals surface area contributed by atoms with E-state index in [-0.39, 0.29) is 0 Å². The summed E-state index contributed by atoms with van der Waals surface area (Å²) in [5.41, 5.74) is 8.19. The first kappa shape index (κ1) is 29.8. The number of fused-ring (bicyclic) bond motifs is 4. The first-order chi connectivity index (χ1) is 20.4. The zero-order valence-corrected chi connectivity index (χ0v) is 27.6. The fraction of sp³-hybridized carbons (Fsp3) is 0.146. The van der Waals surface area contributed by atoms with Crippen molar-refractivity contribution >= 4 is 35.5 Å². The van der Waals surface area contributed by atoms with E-state index in [1.165, 1.54) is 93.1 Å². The van der Waals surface area contributed by atoms with Crippen LogP contribution in [0.2, 0.25) is 0 Å². The van der Waals surface area contributed by atoms with Crippen molar-refractivity contribution in [3.05, 3.63) is 167 Å². The molecule has 0 bridgehead atoms. The van der Waals surface area contributed by atoms with Crippen LogP contribution in [0.25, 0.3) is 32.3 Å². The number of rotatable bonds is 4. The predicted molar refractivity (Wildman–Crippen MR) is 181 cm³/mol. The Labute approximate surface area is 265 Å². The SMILES string of the molecule is CCc1ccc2c(c1)[cH-]c1cc(CC)ccc12.Cc1ccc2[cH-]c(C)cc2c1.[Zr+2]=[C](c1ccccc1)c1ccccc1. The van der Waals surface area contributed by atoms with Crippen LogP contribution in [0.15, 0.2) is 133 Å². The molecule has 206 valence electrons. The van der Waals surface area contributed by atoms with Crippen LogP contribution in [0.5, 0.6) is 0 Å². The number of benzene rings is 5. The van der Waals surface area contributed by atoms with Gasteiger partial charge in [-0.25, -0.2) is 0 Å². The van der Waals surface area contributed by atoms with Gasteiger partial charge in [-0.1, -0.05) is 61.7 Å². The van der Waals surface area contributed by atoms with Crippen LogP contribution >= 0.6 is 0 Å². The summed E-state index contributed by atoms with van der Waals surface area (Å²) in [4.78, 5) is 0. The average Bonchev–Trinajstić information content (AvgIpc) is 3.59. The molecule has 0 aliphatic rings. The van der Waals surface area contributed by atoms with Crippen molar-refractivity contribution in [3.8, 4) is 0 Å². The van der Waals surface area contributed by atoms with Crippen LogP contribution in [0.1, 0.15) is 47.2 Å². The average molecular weight is 622 g/mol. The quantitative estimate of drug-likeness (QED) is 0.172. The molecule has 0 fully saturated rings. The van der Waals surface area contributed by atoms with Gasteiger partial charge in [0.2, 0.25) is 0 Å². The minimum absolute atomic E-state index is 1.11. The summed E-state index contributed by atoms with van der Waals surface area (Å²) >= 11 is 1.46. The van der Waals surface area contributed by atoms with Gasteiger partial charge in [0.25, 0.3) is 0 Å². The van der Waals surface area contributed by atoms with Crippen molar-refractivity contribution in [2.45, 2.75) is 40.5 Å². The summed E-state index contributed by atoms with van der Waals surface area (Å²) < 4.78 is 1.42. The van der Waals surface area contributed by atoms with E-state index in [9.17, 15) is 0 Å². The maximum absolute atomic E-state index is 2.32. The molecule has 0 atom stereocenters. The molecule has 0 nitrogen and oxygen atoms in total. The van der Waals surface area contributed by atoms with Gasteiger partial charge < -0.3 is 0 Å². The van der Waals surface area contributed by atoms with Crippen molar-refractivity contribution in [2.24, 2.45) is 0 Å². The summed E-state index contributed by atoms with van der Waals surface area (Å²) in [6.07, 6.45) is 2.22. The van der Waals surface area contributed by atoms with Crippen LogP contribution in [0.3, 0.4) is 0 Å². The summed E-state index contributed by atoms with van der Waals surface area (Å²) in [6.45, 7) is 8.68. The molecule has 0 aliphatic carbocycles. The summed E-state index contributed by atoms with van der Waals surface area (Å²) in [7, 11) is 0.